The minimum Gasteiger partial charge on any atom is -0.265 e. The van der Waals surface area contributed by atoms with E-state index in [1.165, 1.54) is 19.3 Å². The molecule has 0 aliphatic heterocycles. The first-order chi connectivity index (χ1) is 10.6. The van der Waals surface area contributed by atoms with Crippen LogP contribution < -0.4 is 0 Å². The lowest BCUT2D eigenvalue weighted by molar-refractivity contribution is -0.167. The van der Waals surface area contributed by atoms with E-state index in [2.05, 4.69) is 16.6 Å². The minimum absolute atomic E-state index is 0.469. The van der Waals surface area contributed by atoms with Crippen molar-refractivity contribution in [1.29, 1.82) is 0 Å². The third-order valence-corrected chi connectivity index (χ3v) is 4.27. The van der Waals surface area contributed by atoms with Gasteiger partial charge < -0.3 is 0 Å². The number of pyridine rings is 1. The molecule has 0 saturated carbocycles. The summed E-state index contributed by atoms with van der Waals surface area (Å²) in [6.07, 6.45) is 1.76. The molecule has 1 nitrogen and oxygen atoms in total. The van der Waals surface area contributed by atoms with Crippen LogP contribution in [0.5, 0.6) is 0 Å². The topological polar surface area (TPSA) is 12.9 Å². The van der Waals surface area contributed by atoms with Gasteiger partial charge in [0.15, 0.2) is 0 Å². The van der Waals surface area contributed by atoms with Crippen LogP contribution >= 0.6 is 11.6 Å². The van der Waals surface area contributed by atoms with Crippen molar-refractivity contribution in [3.8, 4) is 0 Å². The van der Waals surface area contributed by atoms with Crippen molar-refractivity contribution in [2.45, 2.75) is 37.0 Å². The van der Waals surface area contributed by atoms with E-state index in [-0.39, 0.29) is 0 Å². The standard InChI is InChI=1S/C17H16ClF4N/c1-12-3-5-13(6-4-12)15(2,14-7-9-23-10-8-14)11-16(19,20)17(18,21)22/h3-10H,11H2,1-2H3. The first kappa shape index (κ1) is 17.7. The number of aryl methyl sites for hydroxylation is 1. The highest BCUT2D eigenvalue weighted by molar-refractivity contribution is 6.22. The number of benzene rings is 1. The zero-order valence-corrected chi connectivity index (χ0v) is 13.4. The van der Waals surface area contributed by atoms with Crippen LogP contribution in [0.2, 0.25) is 0 Å². The Bertz CT molecular complexity index is 653. The number of hydrogen-bond donors (Lipinski definition) is 0. The van der Waals surface area contributed by atoms with Gasteiger partial charge in [0.1, 0.15) is 0 Å². The van der Waals surface area contributed by atoms with Gasteiger partial charge in [-0.1, -0.05) is 36.8 Å². The van der Waals surface area contributed by atoms with Crippen LogP contribution in [0.25, 0.3) is 0 Å². The van der Waals surface area contributed by atoms with Gasteiger partial charge in [-0.05, 0) is 41.8 Å². The van der Waals surface area contributed by atoms with E-state index in [4.69, 9.17) is 0 Å². The third-order valence-electron chi connectivity index (χ3n) is 4.00. The Labute approximate surface area is 137 Å². The number of aromatic nitrogens is 1. The summed E-state index contributed by atoms with van der Waals surface area (Å²) in [6, 6.07) is 9.93. The van der Waals surface area contributed by atoms with Crippen molar-refractivity contribution in [2.75, 3.05) is 0 Å². The van der Waals surface area contributed by atoms with Crippen LogP contribution in [-0.4, -0.2) is 16.3 Å². The predicted molar refractivity (Wildman–Crippen MR) is 82.2 cm³/mol. The summed E-state index contributed by atoms with van der Waals surface area (Å²) < 4.78 is 54.2. The largest absolute Gasteiger partial charge is 0.384 e. The van der Waals surface area contributed by atoms with Crippen molar-refractivity contribution >= 4 is 11.6 Å². The van der Waals surface area contributed by atoms with E-state index in [1.54, 1.807) is 36.4 Å². The number of rotatable bonds is 5. The van der Waals surface area contributed by atoms with Crippen LogP contribution in [0.15, 0.2) is 48.8 Å². The molecule has 0 bridgehead atoms. The van der Waals surface area contributed by atoms with Gasteiger partial charge in [0, 0.05) is 24.2 Å². The van der Waals surface area contributed by atoms with Crippen LogP contribution in [0, 0.1) is 6.92 Å². The van der Waals surface area contributed by atoms with E-state index in [0.717, 1.165) is 5.56 Å². The molecule has 0 fully saturated rings. The number of alkyl halides is 5. The molecule has 1 unspecified atom stereocenters. The lowest BCUT2D eigenvalue weighted by atomic mass is 9.72. The second kappa shape index (κ2) is 6.11. The Hall–Kier alpha value is -1.62. The molecular formula is C17H16ClF4N. The highest BCUT2D eigenvalue weighted by Crippen LogP contribution is 2.48. The Morgan fingerprint density at radius 1 is 0.913 bits per heavy atom. The quantitative estimate of drug-likeness (QED) is 0.511. The molecule has 0 spiro atoms. The average Bonchev–Trinajstić information content (AvgIpc) is 2.47. The fraction of sp³-hybridized carbons (Fsp3) is 0.353. The van der Waals surface area contributed by atoms with Crippen LogP contribution in [0.1, 0.15) is 30.0 Å². The van der Waals surface area contributed by atoms with E-state index in [1.807, 2.05) is 6.92 Å². The van der Waals surface area contributed by atoms with Gasteiger partial charge in [-0.15, -0.1) is 0 Å². The molecule has 1 atom stereocenters. The van der Waals surface area contributed by atoms with Gasteiger partial charge in [0.2, 0.25) is 0 Å². The lowest BCUT2D eigenvalue weighted by Gasteiger charge is -2.35. The normalized spacial score (nSPS) is 15.3. The van der Waals surface area contributed by atoms with E-state index in [9.17, 15) is 17.6 Å². The molecule has 0 N–H and O–H groups in total. The summed E-state index contributed by atoms with van der Waals surface area (Å²) >= 11 is 4.64. The van der Waals surface area contributed by atoms with Crippen LogP contribution in [-0.2, 0) is 5.41 Å². The molecule has 1 aromatic carbocycles. The SMILES string of the molecule is Cc1ccc(C(C)(CC(F)(F)C(F)(F)Cl)c2ccncc2)cc1. The van der Waals surface area contributed by atoms with Gasteiger partial charge in [0.25, 0.3) is 0 Å². The zero-order valence-electron chi connectivity index (χ0n) is 12.7. The highest BCUT2D eigenvalue weighted by Gasteiger charge is 2.58. The minimum atomic E-state index is -4.62. The second-order valence-electron chi connectivity index (χ2n) is 5.81. The van der Waals surface area contributed by atoms with Gasteiger partial charge in [-0.2, -0.15) is 17.6 Å². The molecule has 6 heteroatoms. The molecule has 23 heavy (non-hydrogen) atoms. The fourth-order valence-electron chi connectivity index (χ4n) is 2.56. The molecule has 0 radical (unpaired) electrons. The Balaban J connectivity index is 2.55. The van der Waals surface area contributed by atoms with Crippen molar-refractivity contribution in [3.63, 3.8) is 0 Å². The Morgan fingerprint density at radius 3 is 1.87 bits per heavy atom. The first-order valence-electron chi connectivity index (χ1n) is 6.98. The molecule has 0 saturated heterocycles. The van der Waals surface area contributed by atoms with Gasteiger partial charge >= 0.3 is 11.3 Å². The van der Waals surface area contributed by atoms with E-state index < -0.39 is 23.1 Å². The first-order valence-corrected chi connectivity index (χ1v) is 7.36. The predicted octanol–water partition coefficient (Wildman–Crippen LogP) is 5.55. The fourth-order valence-corrected chi connectivity index (χ4v) is 2.62. The summed E-state index contributed by atoms with van der Waals surface area (Å²) in [5.74, 6) is -4.36. The highest BCUT2D eigenvalue weighted by atomic mass is 35.5. The molecular weight excluding hydrogens is 330 g/mol. The molecule has 0 aliphatic rings. The maximum Gasteiger partial charge on any atom is 0.384 e. The molecule has 124 valence electrons. The number of hydrogen-bond acceptors (Lipinski definition) is 1. The number of halogens is 5. The van der Waals surface area contributed by atoms with Crippen molar-refractivity contribution in [3.05, 3.63) is 65.5 Å². The maximum atomic E-state index is 14.0. The third kappa shape index (κ3) is 3.66. The van der Waals surface area contributed by atoms with Crippen LogP contribution in [0.4, 0.5) is 17.6 Å². The Kier molecular flexibility index (Phi) is 4.71. The maximum absolute atomic E-state index is 14.0. The number of nitrogens with zero attached hydrogens (tertiary/aromatic N) is 1. The smallest absolute Gasteiger partial charge is 0.265 e. The summed E-state index contributed by atoms with van der Waals surface area (Å²) in [5.41, 5.74) is 0.588. The molecule has 0 aliphatic carbocycles. The zero-order chi connectivity index (χ0) is 17.3. The summed E-state index contributed by atoms with van der Waals surface area (Å²) in [7, 11) is 0. The molecule has 2 aromatic rings. The summed E-state index contributed by atoms with van der Waals surface area (Å²) in [6.45, 7) is 3.36. The Morgan fingerprint density at radius 2 is 1.39 bits per heavy atom. The van der Waals surface area contributed by atoms with Gasteiger partial charge in [-0.3, -0.25) is 4.98 Å². The van der Waals surface area contributed by atoms with Crippen molar-refractivity contribution in [1.82, 2.24) is 4.98 Å². The lowest BCUT2D eigenvalue weighted by Crippen LogP contribution is -2.42. The molecule has 1 heterocycles. The van der Waals surface area contributed by atoms with Crippen molar-refractivity contribution < 1.29 is 17.6 Å². The monoisotopic (exact) mass is 345 g/mol. The average molecular weight is 346 g/mol. The molecule has 0 amide bonds. The van der Waals surface area contributed by atoms with E-state index >= 15 is 0 Å². The van der Waals surface area contributed by atoms with Crippen molar-refractivity contribution in [2.24, 2.45) is 0 Å². The molecule has 2 rings (SSSR count). The second-order valence-corrected chi connectivity index (χ2v) is 6.29. The van der Waals surface area contributed by atoms with Gasteiger partial charge in [0.05, 0.1) is 0 Å². The van der Waals surface area contributed by atoms with Crippen LogP contribution in [0.3, 0.4) is 0 Å². The van der Waals surface area contributed by atoms with Gasteiger partial charge in [-0.25, -0.2) is 0 Å². The van der Waals surface area contributed by atoms with E-state index in [0.29, 0.717) is 11.1 Å². The summed E-state index contributed by atoms with van der Waals surface area (Å²) in [4.78, 5) is 3.85. The summed E-state index contributed by atoms with van der Waals surface area (Å²) in [5, 5.41) is -4.62. The molecule has 1 aromatic heterocycles.